The summed E-state index contributed by atoms with van der Waals surface area (Å²) in [6.45, 7) is 12.5. The molecule has 3 heterocycles. The predicted octanol–water partition coefficient (Wildman–Crippen LogP) is 1.79. The SMILES string of the molecule is CCC(C)(C)[C@H](NC(=O)c1ccc(N2CCN(C)CC2)cc1)C(=O)N1C[C@@H](C)[C@H]2OCC(=O)[C@H]21. The van der Waals surface area contributed by atoms with Gasteiger partial charge >= 0.3 is 0 Å². The molecule has 1 aromatic rings. The van der Waals surface area contributed by atoms with E-state index in [9.17, 15) is 14.4 Å². The maximum absolute atomic E-state index is 13.7. The van der Waals surface area contributed by atoms with Crippen LogP contribution in [0.25, 0.3) is 0 Å². The minimum absolute atomic E-state index is 0.0529. The lowest BCUT2D eigenvalue weighted by atomic mass is 9.80. The Labute approximate surface area is 202 Å². The summed E-state index contributed by atoms with van der Waals surface area (Å²) in [4.78, 5) is 45.7. The molecule has 0 saturated carbocycles. The molecule has 0 unspecified atom stereocenters. The molecule has 4 rings (SSSR count). The van der Waals surface area contributed by atoms with Crippen molar-refractivity contribution >= 4 is 23.3 Å². The van der Waals surface area contributed by atoms with Crippen LogP contribution < -0.4 is 10.2 Å². The third kappa shape index (κ3) is 4.70. The number of nitrogens with zero attached hydrogens (tertiary/aromatic N) is 3. The first-order chi connectivity index (χ1) is 16.1. The second kappa shape index (κ2) is 9.66. The minimum atomic E-state index is -0.735. The fourth-order valence-electron chi connectivity index (χ4n) is 5.18. The number of nitrogens with one attached hydrogen (secondary N) is 1. The highest BCUT2D eigenvalue weighted by molar-refractivity contribution is 5.99. The Bertz CT molecular complexity index is 923. The lowest BCUT2D eigenvalue weighted by Gasteiger charge is -2.37. The molecule has 34 heavy (non-hydrogen) atoms. The summed E-state index contributed by atoms with van der Waals surface area (Å²) in [6.07, 6.45) is 0.452. The third-order valence-corrected chi connectivity index (χ3v) is 7.94. The molecule has 1 N–H and O–H groups in total. The molecule has 3 aliphatic heterocycles. The highest BCUT2D eigenvalue weighted by Gasteiger charge is 2.52. The smallest absolute Gasteiger partial charge is 0.251 e. The van der Waals surface area contributed by atoms with Gasteiger partial charge in [0, 0.05) is 49.9 Å². The second-order valence-electron chi connectivity index (χ2n) is 10.7. The van der Waals surface area contributed by atoms with Crippen molar-refractivity contribution in [2.24, 2.45) is 11.3 Å². The van der Waals surface area contributed by atoms with E-state index in [0.717, 1.165) is 31.9 Å². The van der Waals surface area contributed by atoms with Crippen LogP contribution in [0.5, 0.6) is 0 Å². The van der Waals surface area contributed by atoms with Crippen molar-refractivity contribution in [3.05, 3.63) is 29.8 Å². The number of hydrogen-bond donors (Lipinski definition) is 1. The molecule has 1 aromatic carbocycles. The number of rotatable bonds is 6. The van der Waals surface area contributed by atoms with Crippen LogP contribution in [0.2, 0.25) is 0 Å². The highest BCUT2D eigenvalue weighted by Crippen LogP contribution is 2.35. The number of Topliss-reactive ketones (excluding diaryl/α,β-unsaturated/α-hetero) is 1. The largest absolute Gasteiger partial charge is 0.369 e. The monoisotopic (exact) mass is 470 g/mol. The summed E-state index contributed by atoms with van der Waals surface area (Å²) >= 11 is 0. The number of benzene rings is 1. The maximum atomic E-state index is 13.7. The van der Waals surface area contributed by atoms with Gasteiger partial charge in [0.1, 0.15) is 18.7 Å². The van der Waals surface area contributed by atoms with Gasteiger partial charge < -0.3 is 24.8 Å². The quantitative estimate of drug-likeness (QED) is 0.683. The first kappa shape index (κ1) is 24.7. The van der Waals surface area contributed by atoms with E-state index in [-0.39, 0.29) is 36.2 Å². The molecule has 0 aliphatic carbocycles. The van der Waals surface area contributed by atoms with Crippen LogP contribution in [-0.2, 0) is 14.3 Å². The van der Waals surface area contributed by atoms with Crippen molar-refractivity contribution in [2.45, 2.75) is 52.3 Å². The number of piperazine rings is 1. The summed E-state index contributed by atoms with van der Waals surface area (Å²) in [7, 11) is 2.12. The number of likely N-dealkylation sites (N-methyl/N-ethyl adjacent to an activating group) is 1. The molecule has 186 valence electrons. The first-order valence-corrected chi connectivity index (χ1v) is 12.4. The van der Waals surface area contributed by atoms with E-state index in [4.69, 9.17) is 4.74 Å². The standard InChI is InChI=1S/C26H38N4O4/c1-6-26(3,4)23(25(33)30-15-17(2)22-21(30)20(31)16-34-22)27-24(32)18-7-9-19(10-8-18)29-13-11-28(5)12-14-29/h7-10,17,21-23H,6,11-16H2,1-5H3,(H,27,32)/t17-,21-,22-,23-/m1/s1. The zero-order valence-electron chi connectivity index (χ0n) is 21.0. The van der Waals surface area contributed by atoms with E-state index >= 15 is 0 Å². The Kier molecular flexibility index (Phi) is 7.01. The van der Waals surface area contributed by atoms with E-state index in [0.29, 0.717) is 18.5 Å². The van der Waals surface area contributed by atoms with Crippen molar-refractivity contribution in [3.8, 4) is 0 Å². The zero-order chi connectivity index (χ0) is 24.6. The summed E-state index contributed by atoms with van der Waals surface area (Å²) in [5, 5.41) is 3.01. The van der Waals surface area contributed by atoms with Gasteiger partial charge in [-0.3, -0.25) is 14.4 Å². The van der Waals surface area contributed by atoms with E-state index in [2.05, 4.69) is 22.2 Å². The molecule has 4 atom stereocenters. The van der Waals surface area contributed by atoms with Crippen molar-refractivity contribution in [1.82, 2.24) is 15.1 Å². The molecule has 3 fully saturated rings. The van der Waals surface area contributed by atoms with Crippen LogP contribution in [0, 0.1) is 11.3 Å². The summed E-state index contributed by atoms with van der Waals surface area (Å²) in [5.74, 6) is -0.444. The molecule has 0 bridgehead atoms. The zero-order valence-corrected chi connectivity index (χ0v) is 21.0. The highest BCUT2D eigenvalue weighted by atomic mass is 16.5. The maximum Gasteiger partial charge on any atom is 0.251 e. The van der Waals surface area contributed by atoms with Crippen LogP contribution in [0.15, 0.2) is 24.3 Å². The Balaban J connectivity index is 1.49. The van der Waals surface area contributed by atoms with Crippen LogP contribution in [-0.4, -0.2) is 92.0 Å². The van der Waals surface area contributed by atoms with Gasteiger partial charge in [0.25, 0.3) is 5.91 Å². The Hall–Kier alpha value is -2.45. The van der Waals surface area contributed by atoms with Crippen molar-refractivity contribution < 1.29 is 19.1 Å². The summed E-state index contributed by atoms with van der Waals surface area (Å²) in [5.41, 5.74) is 1.15. The van der Waals surface area contributed by atoms with Gasteiger partial charge in [-0.05, 0) is 43.1 Å². The van der Waals surface area contributed by atoms with Crippen molar-refractivity contribution in [1.29, 1.82) is 0 Å². The Morgan fingerprint density at radius 3 is 2.41 bits per heavy atom. The fraction of sp³-hybridized carbons (Fsp3) is 0.654. The van der Waals surface area contributed by atoms with Crippen molar-refractivity contribution in [2.75, 3.05) is 51.3 Å². The lowest BCUT2D eigenvalue weighted by Crippen LogP contribution is -2.57. The second-order valence-corrected chi connectivity index (χ2v) is 10.7. The molecular formula is C26H38N4O4. The number of amides is 2. The topological polar surface area (TPSA) is 82.2 Å². The Morgan fingerprint density at radius 2 is 1.79 bits per heavy atom. The average Bonchev–Trinajstić information content (AvgIpc) is 3.37. The number of ketones is 1. The van der Waals surface area contributed by atoms with Crippen LogP contribution >= 0.6 is 0 Å². The van der Waals surface area contributed by atoms with Crippen LogP contribution in [0.4, 0.5) is 5.69 Å². The number of fused-ring (bicyclic) bond motifs is 1. The number of carbonyl (C=O) groups is 3. The molecule has 3 aliphatic rings. The molecule has 0 radical (unpaired) electrons. The van der Waals surface area contributed by atoms with E-state index in [1.54, 1.807) is 4.90 Å². The average molecular weight is 471 g/mol. The molecular weight excluding hydrogens is 432 g/mol. The molecule has 8 heteroatoms. The van der Waals surface area contributed by atoms with Crippen LogP contribution in [0.1, 0.15) is 44.5 Å². The van der Waals surface area contributed by atoms with Gasteiger partial charge in [0.2, 0.25) is 5.91 Å². The number of anilines is 1. The number of likely N-dealkylation sites (tertiary alicyclic amines) is 1. The Morgan fingerprint density at radius 1 is 1.15 bits per heavy atom. The van der Waals surface area contributed by atoms with Crippen LogP contribution in [0.3, 0.4) is 0 Å². The summed E-state index contributed by atoms with van der Waals surface area (Å²) in [6, 6.07) is 6.32. The van der Waals surface area contributed by atoms with Crippen molar-refractivity contribution in [3.63, 3.8) is 0 Å². The van der Waals surface area contributed by atoms with E-state index in [1.165, 1.54) is 0 Å². The predicted molar refractivity (Wildman–Crippen MR) is 131 cm³/mol. The van der Waals surface area contributed by atoms with Gasteiger partial charge in [-0.25, -0.2) is 0 Å². The molecule has 0 spiro atoms. The van der Waals surface area contributed by atoms with Gasteiger partial charge in [-0.1, -0.05) is 27.7 Å². The molecule has 2 amide bonds. The fourth-order valence-corrected chi connectivity index (χ4v) is 5.18. The lowest BCUT2D eigenvalue weighted by molar-refractivity contribution is -0.140. The van der Waals surface area contributed by atoms with Gasteiger partial charge in [-0.15, -0.1) is 0 Å². The third-order valence-electron chi connectivity index (χ3n) is 7.94. The number of hydrogen-bond acceptors (Lipinski definition) is 6. The summed E-state index contributed by atoms with van der Waals surface area (Å²) < 4.78 is 5.65. The molecule has 3 saturated heterocycles. The number of ether oxygens (including phenoxy) is 1. The van der Waals surface area contributed by atoms with Gasteiger partial charge in [0.05, 0.1) is 6.10 Å². The van der Waals surface area contributed by atoms with Gasteiger partial charge in [0.15, 0.2) is 5.78 Å². The van der Waals surface area contributed by atoms with E-state index < -0.39 is 17.5 Å². The van der Waals surface area contributed by atoms with Gasteiger partial charge in [-0.2, -0.15) is 0 Å². The van der Waals surface area contributed by atoms with E-state index in [1.807, 2.05) is 52.0 Å². The molecule has 8 nitrogen and oxygen atoms in total. The molecule has 0 aromatic heterocycles. The minimum Gasteiger partial charge on any atom is -0.369 e. The normalized spacial score (nSPS) is 26.5. The first-order valence-electron chi connectivity index (χ1n) is 12.4. The number of carbonyl (C=O) groups excluding carboxylic acids is 3.